The minimum Gasteiger partial charge on any atom is -0.481 e. The molecular weight excluding hydrogens is 398 g/mol. The fourth-order valence-electron chi connectivity index (χ4n) is 1.97. The van der Waals surface area contributed by atoms with Crippen LogP contribution in [0.3, 0.4) is 0 Å². The largest absolute Gasteiger partial charge is 0.481 e. The first-order valence-electron chi connectivity index (χ1n) is 7.69. The first-order chi connectivity index (χ1) is 12.5. The van der Waals surface area contributed by atoms with E-state index >= 15 is 0 Å². The third-order valence-corrected chi connectivity index (χ3v) is 3.78. The van der Waals surface area contributed by atoms with Crippen molar-refractivity contribution in [2.24, 2.45) is 0 Å². The van der Waals surface area contributed by atoms with Crippen LogP contribution in [0.5, 0.6) is 5.75 Å². The van der Waals surface area contributed by atoms with Gasteiger partial charge in [-0.05, 0) is 42.8 Å². The molecule has 0 fully saturated rings. The molecule has 0 heterocycles. The molecule has 0 aromatic heterocycles. The van der Waals surface area contributed by atoms with Crippen LogP contribution in [0, 0.1) is 11.3 Å². The molecule has 132 valence electrons. The summed E-state index contributed by atoms with van der Waals surface area (Å²) in [7, 11) is 0. The van der Waals surface area contributed by atoms with Gasteiger partial charge in [-0.1, -0.05) is 40.2 Å². The molecule has 2 amide bonds. The van der Waals surface area contributed by atoms with E-state index < -0.39 is 17.9 Å². The van der Waals surface area contributed by atoms with E-state index in [1.807, 2.05) is 12.1 Å². The lowest BCUT2D eigenvalue weighted by Crippen LogP contribution is -2.46. The van der Waals surface area contributed by atoms with Gasteiger partial charge in [0.1, 0.15) is 5.75 Å². The number of hydrogen-bond donors (Lipinski definition) is 2. The highest BCUT2D eigenvalue weighted by atomic mass is 79.9. The molecule has 0 saturated carbocycles. The number of benzene rings is 2. The number of ether oxygens (including phenoxy) is 1. The van der Waals surface area contributed by atoms with Gasteiger partial charge in [0.2, 0.25) is 0 Å². The van der Waals surface area contributed by atoms with E-state index in [1.165, 1.54) is 12.2 Å². The molecule has 26 heavy (non-hydrogen) atoms. The molecule has 0 radical (unpaired) electrons. The first kappa shape index (κ1) is 19.2. The summed E-state index contributed by atoms with van der Waals surface area (Å²) in [6, 6.07) is 16.0. The van der Waals surface area contributed by atoms with Crippen molar-refractivity contribution in [2.75, 3.05) is 0 Å². The van der Waals surface area contributed by atoms with Gasteiger partial charge in [0.15, 0.2) is 6.10 Å². The number of halogens is 1. The summed E-state index contributed by atoms with van der Waals surface area (Å²) in [5.41, 5.74) is 5.63. The van der Waals surface area contributed by atoms with E-state index in [0.717, 1.165) is 4.47 Å². The number of hydrogen-bond acceptors (Lipinski definition) is 4. The third-order valence-electron chi connectivity index (χ3n) is 3.28. The minimum atomic E-state index is -0.798. The molecule has 6 nitrogen and oxygen atoms in total. The second kappa shape index (κ2) is 9.39. The van der Waals surface area contributed by atoms with Gasteiger partial charge >= 0.3 is 0 Å². The summed E-state index contributed by atoms with van der Waals surface area (Å²) in [6.07, 6.45) is 1.94. The van der Waals surface area contributed by atoms with Crippen molar-refractivity contribution in [2.45, 2.75) is 13.0 Å². The van der Waals surface area contributed by atoms with Gasteiger partial charge in [0.05, 0.1) is 11.6 Å². The van der Waals surface area contributed by atoms with E-state index in [4.69, 9.17) is 10.00 Å². The monoisotopic (exact) mass is 413 g/mol. The zero-order valence-electron chi connectivity index (χ0n) is 13.9. The number of amides is 2. The molecule has 0 saturated heterocycles. The Balaban J connectivity index is 1.85. The van der Waals surface area contributed by atoms with Crippen molar-refractivity contribution in [1.82, 2.24) is 10.9 Å². The summed E-state index contributed by atoms with van der Waals surface area (Å²) in [5.74, 6) is -0.494. The van der Waals surface area contributed by atoms with Crippen LogP contribution < -0.4 is 15.6 Å². The number of carbonyl (C=O) groups is 2. The Morgan fingerprint density at radius 1 is 1.19 bits per heavy atom. The van der Waals surface area contributed by atoms with Crippen molar-refractivity contribution in [3.8, 4) is 11.8 Å². The quantitative estimate of drug-likeness (QED) is 0.582. The Morgan fingerprint density at radius 2 is 1.96 bits per heavy atom. The molecule has 0 bridgehead atoms. The average Bonchev–Trinajstić information content (AvgIpc) is 2.64. The summed E-state index contributed by atoms with van der Waals surface area (Å²) in [4.78, 5) is 23.8. The number of nitrogens with one attached hydrogen (secondary N) is 2. The average molecular weight is 414 g/mol. The van der Waals surface area contributed by atoms with Crippen LogP contribution in [-0.2, 0) is 9.59 Å². The third kappa shape index (κ3) is 5.76. The number of rotatable bonds is 5. The number of carbonyl (C=O) groups excluding carboxylic acids is 2. The molecular formula is C19H16BrN3O3. The lowest BCUT2D eigenvalue weighted by molar-refractivity contribution is -0.131. The molecule has 7 heteroatoms. The first-order valence-corrected chi connectivity index (χ1v) is 8.48. The van der Waals surface area contributed by atoms with Crippen LogP contribution in [0.25, 0.3) is 6.08 Å². The lowest BCUT2D eigenvalue weighted by atomic mass is 10.1. The van der Waals surface area contributed by atoms with E-state index in [-0.39, 0.29) is 0 Å². The van der Waals surface area contributed by atoms with Crippen molar-refractivity contribution in [1.29, 1.82) is 5.26 Å². The molecule has 0 aliphatic rings. The molecule has 1 atom stereocenters. The molecule has 2 aromatic carbocycles. The van der Waals surface area contributed by atoms with Crippen molar-refractivity contribution < 1.29 is 14.3 Å². The van der Waals surface area contributed by atoms with E-state index in [1.54, 1.807) is 49.4 Å². The Bertz CT molecular complexity index is 874. The maximum Gasteiger partial charge on any atom is 0.279 e. The number of nitrogens with zero attached hydrogens (tertiary/aromatic N) is 1. The zero-order chi connectivity index (χ0) is 18.9. The zero-order valence-corrected chi connectivity index (χ0v) is 15.5. The summed E-state index contributed by atoms with van der Waals surface area (Å²) in [5, 5.41) is 9.00. The summed E-state index contributed by atoms with van der Waals surface area (Å²) in [6.45, 7) is 1.57. The van der Waals surface area contributed by atoms with Crippen LogP contribution in [0.2, 0.25) is 0 Å². The van der Waals surface area contributed by atoms with Crippen LogP contribution in [0.15, 0.2) is 59.1 Å². The van der Waals surface area contributed by atoms with Crippen molar-refractivity contribution in [3.63, 3.8) is 0 Å². The van der Waals surface area contributed by atoms with Crippen LogP contribution in [0.4, 0.5) is 0 Å². The van der Waals surface area contributed by atoms with Crippen molar-refractivity contribution in [3.05, 3.63) is 70.2 Å². The SMILES string of the molecule is CC(Oc1cccc(Br)c1)C(=O)NNC(=O)/C=C/c1ccccc1C#N. The van der Waals surface area contributed by atoms with Gasteiger partial charge in [0.25, 0.3) is 11.8 Å². The van der Waals surface area contributed by atoms with Gasteiger partial charge < -0.3 is 4.74 Å². The molecule has 2 N–H and O–H groups in total. The smallest absolute Gasteiger partial charge is 0.279 e. The Morgan fingerprint density at radius 3 is 2.69 bits per heavy atom. The molecule has 0 spiro atoms. The highest BCUT2D eigenvalue weighted by Crippen LogP contribution is 2.18. The van der Waals surface area contributed by atoms with Crippen LogP contribution in [0.1, 0.15) is 18.1 Å². The van der Waals surface area contributed by atoms with Gasteiger partial charge in [-0.2, -0.15) is 5.26 Å². The second-order valence-corrected chi connectivity index (χ2v) is 6.14. The van der Waals surface area contributed by atoms with Crippen LogP contribution in [-0.4, -0.2) is 17.9 Å². The standard InChI is InChI=1S/C19H16BrN3O3/c1-13(26-17-8-4-7-16(20)11-17)19(25)23-22-18(24)10-9-14-5-2-3-6-15(14)12-21/h2-11,13H,1H3,(H,22,24)(H,23,25)/b10-9+. The van der Waals surface area contributed by atoms with E-state index in [9.17, 15) is 9.59 Å². The fraction of sp³-hybridized carbons (Fsp3) is 0.105. The molecule has 0 aliphatic carbocycles. The van der Waals surface area contributed by atoms with E-state index in [2.05, 4.69) is 26.8 Å². The Hall–Kier alpha value is -3.11. The summed E-state index contributed by atoms with van der Waals surface area (Å²) >= 11 is 3.32. The number of nitriles is 1. The topological polar surface area (TPSA) is 91.2 Å². The van der Waals surface area contributed by atoms with Crippen LogP contribution >= 0.6 is 15.9 Å². The molecule has 2 rings (SSSR count). The summed E-state index contributed by atoms with van der Waals surface area (Å²) < 4.78 is 6.33. The Labute approximate surface area is 159 Å². The van der Waals surface area contributed by atoms with Gasteiger partial charge in [0, 0.05) is 10.5 Å². The molecule has 1 unspecified atom stereocenters. The van der Waals surface area contributed by atoms with E-state index in [0.29, 0.717) is 16.9 Å². The second-order valence-electron chi connectivity index (χ2n) is 5.23. The van der Waals surface area contributed by atoms with Gasteiger partial charge in [-0.15, -0.1) is 0 Å². The van der Waals surface area contributed by atoms with Crippen molar-refractivity contribution >= 4 is 33.8 Å². The van der Waals surface area contributed by atoms with Gasteiger partial charge in [-0.3, -0.25) is 20.4 Å². The predicted octanol–water partition coefficient (Wildman–Crippen LogP) is 2.95. The lowest BCUT2D eigenvalue weighted by Gasteiger charge is -2.14. The Kier molecular flexibility index (Phi) is 6.94. The fourth-order valence-corrected chi connectivity index (χ4v) is 2.35. The maximum atomic E-state index is 12.0. The minimum absolute atomic E-state index is 0.455. The predicted molar refractivity (Wildman–Crippen MR) is 101 cm³/mol. The normalized spacial score (nSPS) is 11.4. The maximum absolute atomic E-state index is 12.0. The number of hydrazine groups is 1. The molecule has 0 aliphatic heterocycles. The highest BCUT2D eigenvalue weighted by molar-refractivity contribution is 9.10. The molecule has 2 aromatic rings. The highest BCUT2D eigenvalue weighted by Gasteiger charge is 2.15. The van der Waals surface area contributed by atoms with Gasteiger partial charge in [-0.25, -0.2) is 0 Å².